The topological polar surface area (TPSA) is 84.9 Å². The van der Waals surface area contributed by atoms with Gasteiger partial charge in [-0.15, -0.1) is 0 Å². The molecule has 1 heterocycles. The first-order valence-corrected chi connectivity index (χ1v) is 8.50. The zero-order valence-electron chi connectivity index (χ0n) is 14.7. The number of hydrogen-bond donors (Lipinski definition) is 1. The van der Waals surface area contributed by atoms with Crippen LogP contribution in [0, 0.1) is 0 Å². The molecule has 1 aliphatic rings. The van der Waals surface area contributed by atoms with Gasteiger partial charge in [-0.3, -0.25) is 19.3 Å². The lowest BCUT2D eigenvalue weighted by Crippen LogP contribution is -2.32. The van der Waals surface area contributed by atoms with Gasteiger partial charge in [0.05, 0.1) is 30.4 Å². The second-order valence-electron chi connectivity index (χ2n) is 5.79. The van der Waals surface area contributed by atoms with Crippen molar-refractivity contribution in [2.24, 2.45) is 0 Å². The average Bonchev–Trinajstić information content (AvgIpc) is 2.91. The largest absolute Gasteiger partial charge is 0.493 e. The number of carbonyl (C=O) groups is 3. The molecule has 0 unspecified atom stereocenters. The van der Waals surface area contributed by atoms with Gasteiger partial charge in [-0.05, 0) is 24.3 Å². The Balaban J connectivity index is 1.64. The van der Waals surface area contributed by atoms with E-state index in [1.807, 2.05) is 0 Å². The second kappa shape index (κ2) is 7.67. The second-order valence-corrected chi connectivity index (χ2v) is 6.20. The van der Waals surface area contributed by atoms with Crippen molar-refractivity contribution in [1.29, 1.82) is 0 Å². The van der Waals surface area contributed by atoms with E-state index in [0.29, 0.717) is 17.2 Å². The monoisotopic (exact) mass is 388 g/mol. The molecular weight excluding hydrogens is 372 g/mol. The maximum Gasteiger partial charge on any atom is 0.263 e. The molecule has 1 N–H and O–H groups in total. The molecule has 3 amide bonds. The molecule has 7 nitrogen and oxygen atoms in total. The molecule has 140 valence electrons. The fourth-order valence-corrected chi connectivity index (χ4v) is 3.10. The van der Waals surface area contributed by atoms with Gasteiger partial charge in [-0.2, -0.15) is 0 Å². The van der Waals surface area contributed by atoms with Gasteiger partial charge in [0.25, 0.3) is 11.8 Å². The Labute approximate surface area is 160 Å². The number of rotatable bonds is 6. The summed E-state index contributed by atoms with van der Waals surface area (Å²) in [7, 11) is 3.02. The highest BCUT2D eigenvalue weighted by Crippen LogP contribution is 2.30. The fraction of sp³-hybridized carbons (Fsp3) is 0.211. The molecule has 0 fully saturated rings. The molecule has 0 aliphatic carbocycles. The summed E-state index contributed by atoms with van der Waals surface area (Å²) in [5.41, 5.74) is 0.959. The number of methoxy groups -OCH3 is 2. The number of benzene rings is 2. The van der Waals surface area contributed by atoms with E-state index in [4.69, 9.17) is 21.1 Å². The first-order valence-electron chi connectivity index (χ1n) is 8.13. The molecule has 0 bridgehead atoms. The lowest BCUT2D eigenvalue weighted by atomic mass is 10.1. The average molecular weight is 389 g/mol. The summed E-state index contributed by atoms with van der Waals surface area (Å²) < 4.78 is 10.3. The molecular formula is C19H17ClN2O5. The third-order valence-electron chi connectivity index (χ3n) is 4.18. The molecule has 0 saturated heterocycles. The van der Waals surface area contributed by atoms with Crippen molar-refractivity contribution in [2.45, 2.75) is 6.42 Å². The van der Waals surface area contributed by atoms with E-state index in [-0.39, 0.29) is 35.0 Å². The number of nitrogens with zero attached hydrogens (tertiary/aromatic N) is 1. The van der Waals surface area contributed by atoms with Crippen LogP contribution in [0.15, 0.2) is 36.4 Å². The van der Waals surface area contributed by atoms with Crippen molar-refractivity contribution >= 4 is 35.0 Å². The Bertz CT molecular complexity index is 928. The Morgan fingerprint density at radius 1 is 1.07 bits per heavy atom. The van der Waals surface area contributed by atoms with Crippen LogP contribution in [0.1, 0.15) is 27.1 Å². The summed E-state index contributed by atoms with van der Waals surface area (Å²) >= 11 is 6.02. The lowest BCUT2D eigenvalue weighted by molar-refractivity contribution is -0.116. The number of nitrogens with one attached hydrogen (secondary N) is 1. The van der Waals surface area contributed by atoms with E-state index in [2.05, 4.69) is 5.32 Å². The van der Waals surface area contributed by atoms with Gasteiger partial charge < -0.3 is 14.8 Å². The van der Waals surface area contributed by atoms with Gasteiger partial charge in [0.2, 0.25) is 5.91 Å². The number of ether oxygens (including phenoxy) is 2. The third-order valence-corrected chi connectivity index (χ3v) is 4.49. The number of amides is 3. The van der Waals surface area contributed by atoms with Crippen LogP contribution < -0.4 is 14.8 Å². The van der Waals surface area contributed by atoms with Crippen molar-refractivity contribution in [1.82, 2.24) is 4.90 Å². The number of imide groups is 1. The SMILES string of the molecule is COc1ccc(NC(=O)CCN2C(=O)c3cccc(Cl)c3C2=O)cc1OC. The number of halogens is 1. The minimum atomic E-state index is -0.487. The number of anilines is 1. The van der Waals surface area contributed by atoms with Gasteiger partial charge in [0.1, 0.15) is 0 Å². The molecule has 8 heteroatoms. The van der Waals surface area contributed by atoms with Crippen LogP contribution in [0.25, 0.3) is 0 Å². The molecule has 0 radical (unpaired) electrons. The van der Waals surface area contributed by atoms with Crippen LogP contribution in [-0.4, -0.2) is 43.4 Å². The van der Waals surface area contributed by atoms with E-state index in [1.54, 1.807) is 36.4 Å². The summed E-state index contributed by atoms with van der Waals surface area (Å²) in [6.45, 7) is -0.0399. The summed E-state index contributed by atoms with van der Waals surface area (Å²) in [6.07, 6.45) is -0.0442. The molecule has 0 saturated carbocycles. The molecule has 2 aromatic carbocycles. The maximum atomic E-state index is 12.4. The lowest BCUT2D eigenvalue weighted by Gasteiger charge is -2.14. The van der Waals surface area contributed by atoms with Crippen molar-refractivity contribution in [3.63, 3.8) is 0 Å². The normalized spacial score (nSPS) is 12.8. The van der Waals surface area contributed by atoms with E-state index in [1.165, 1.54) is 14.2 Å². The molecule has 3 rings (SSSR count). The van der Waals surface area contributed by atoms with E-state index in [9.17, 15) is 14.4 Å². The molecule has 27 heavy (non-hydrogen) atoms. The Morgan fingerprint density at radius 2 is 1.81 bits per heavy atom. The van der Waals surface area contributed by atoms with Crippen LogP contribution in [0.4, 0.5) is 5.69 Å². The highest BCUT2D eigenvalue weighted by Gasteiger charge is 2.37. The van der Waals surface area contributed by atoms with Crippen molar-refractivity contribution < 1.29 is 23.9 Å². The Hall–Kier alpha value is -3.06. The van der Waals surface area contributed by atoms with Gasteiger partial charge >= 0.3 is 0 Å². The van der Waals surface area contributed by atoms with Crippen LogP contribution >= 0.6 is 11.6 Å². The fourth-order valence-electron chi connectivity index (χ4n) is 2.85. The van der Waals surface area contributed by atoms with Crippen LogP contribution in [-0.2, 0) is 4.79 Å². The van der Waals surface area contributed by atoms with E-state index >= 15 is 0 Å². The van der Waals surface area contributed by atoms with Crippen molar-refractivity contribution in [3.05, 3.63) is 52.5 Å². The smallest absolute Gasteiger partial charge is 0.263 e. The van der Waals surface area contributed by atoms with Gasteiger partial charge in [-0.1, -0.05) is 17.7 Å². The van der Waals surface area contributed by atoms with Crippen molar-refractivity contribution in [3.8, 4) is 11.5 Å². The zero-order chi connectivity index (χ0) is 19.6. The summed E-state index contributed by atoms with van der Waals surface area (Å²) in [5.74, 6) is -0.260. The third kappa shape index (κ3) is 3.59. The molecule has 2 aromatic rings. The first-order chi connectivity index (χ1) is 13.0. The van der Waals surface area contributed by atoms with Crippen LogP contribution in [0.2, 0.25) is 5.02 Å². The maximum absolute atomic E-state index is 12.4. The van der Waals surface area contributed by atoms with Crippen molar-refractivity contribution in [2.75, 3.05) is 26.1 Å². The number of carbonyl (C=O) groups excluding carboxylic acids is 3. The molecule has 0 atom stereocenters. The highest BCUT2D eigenvalue weighted by atomic mass is 35.5. The standard InChI is InChI=1S/C19H17ClN2O5/c1-26-14-7-6-11(10-15(14)27-2)21-16(23)8-9-22-18(24)12-4-3-5-13(20)17(12)19(22)25/h3-7,10H,8-9H2,1-2H3,(H,21,23). The molecule has 0 spiro atoms. The van der Waals surface area contributed by atoms with Gasteiger partial charge in [0, 0.05) is 24.7 Å². The summed E-state index contributed by atoms with van der Waals surface area (Å²) in [4.78, 5) is 38.0. The minimum absolute atomic E-state index is 0.0399. The highest BCUT2D eigenvalue weighted by molar-refractivity contribution is 6.37. The quantitative estimate of drug-likeness (QED) is 0.769. The van der Waals surface area contributed by atoms with Gasteiger partial charge in [-0.25, -0.2) is 0 Å². The summed E-state index contributed by atoms with van der Waals surface area (Å²) in [6, 6.07) is 9.67. The van der Waals surface area contributed by atoms with E-state index in [0.717, 1.165) is 4.90 Å². The summed E-state index contributed by atoms with van der Waals surface area (Å²) in [5, 5.41) is 2.93. The van der Waals surface area contributed by atoms with E-state index < -0.39 is 11.8 Å². The number of fused-ring (bicyclic) bond motifs is 1. The van der Waals surface area contributed by atoms with Crippen LogP contribution in [0.5, 0.6) is 11.5 Å². The van der Waals surface area contributed by atoms with Crippen LogP contribution in [0.3, 0.4) is 0 Å². The first kappa shape index (κ1) is 18.7. The minimum Gasteiger partial charge on any atom is -0.493 e. The molecule has 0 aromatic heterocycles. The predicted molar refractivity (Wildman–Crippen MR) is 99.6 cm³/mol. The predicted octanol–water partition coefficient (Wildman–Crippen LogP) is 2.98. The van der Waals surface area contributed by atoms with Gasteiger partial charge in [0.15, 0.2) is 11.5 Å². The zero-order valence-corrected chi connectivity index (χ0v) is 15.5. The molecule has 1 aliphatic heterocycles. The number of hydrogen-bond acceptors (Lipinski definition) is 5. The Kier molecular flexibility index (Phi) is 5.32. The Morgan fingerprint density at radius 3 is 2.48 bits per heavy atom.